The quantitative estimate of drug-likeness (QED) is 0.730. The summed E-state index contributed by atoms with van der Waals surface area (Å²) in [5.74, 6) is 0. The van der Waals surface area contributed by atoms with Crippen LogP contribution in [0.1, 0.15) is 18.1 Å². The van der Waals surface area contributed by atoms with Crippen LogP contribution in [0.2, 0.25) is 0 Å². The molecule has 0 unspecified atom stereocenters. The van der Waals surface area contributed by atoms with Gasteiger partial charge in [0, 0.05) is 0 Å². The smallest absolute Gasteiger partial charge is 0.137 e. The monoisotopic (exact) mass is 213 g/mol. The van der Waals surface area contributed by atoms with Crippen molar-refractivity contribution in [3.63, 3.8) is 0 Å². The first-order valence-electron chi connectivity index (χ1n) is 5.40. The Kier molecular flexibility index (Phi) is 3.49. The Hall–Kier alpha value is -1.90. The van der Waals surface area contributed by atoms with Gasteiger partial charge in [0.15, 0.2) is 0 Å². The second-order valence-electron chi connectivity index (χ2n) is 3.68. The molecule has 0 N–H and O–H groups in total. The van der Waals surface area contributed by atoms with E-state index in [0.29, 0.717) is 0 Å². The Balaban J connectivity index is 2.02. The van der Waals surface area contributed by atoms with Crippen molar-refractivity contribution in [1.29, 1.82) is 0 Å². The predicted molar refractivity (Wildman–Crippen MR) is 64.1 cm³/mol. The number of benzene rings is 1. The van der Waals surface area contributed by atoms with Gasteiger partial charge in [-0.1, -0.05) is 36.4 Å². The lowest BCUT2D eigenvalue weighted by Crippen LogP contribution is -1.99. The van der Waals surface area contributed by atoms with Gasteiger partial charge >= 0.3 is 0 Å². The fourth-order valence-corrected chi connectivity index (χ4v) is 1.54. The second-order valence-corrected chi connectivity index (χ2v) is 3.68. The molecule has 1 heterocycles. The molecular formula is C13H15N3. The van der Waals surface area contributed by atoms with E-state index in [-0.39, 0.29) is 0 Å². The van der Waals surface area contributed by atoms with Crippen molar-refractivity contribution in [3.8, 4) is 0 Å². The van der Waals surface area contributed by atoms with Gasteiger partial charge in [0.25, 0.3) is 0 Å². The molecule has 0 fully saturated rings. The number of allylic oxidation sites excluding steroid dienone is 2. The number of hydrogen-bond donors (Lipinski definition) is 0. The lowest BCUT2D eigenvalue weighted by atomic mass is 10.1. The molecular weight excluding hydrogens is 198 g/mol. The molecule has 3 nitrogen and oxygen atoms in total. The summed E-state index contributed by atoms with van der Waals surface area (Å²) in [6.07, 6.45) is 8.52. The summed E-state index contributed by atoms with van der Waals surface area (Å²) in [6, 6.07) is 8.60. The van der Waals surface area contributed by atoms with Gasteiger partial charge < -0.3 is 0 Å². The van der Waals surface area contributed by atoms with Gasteiger partial charge in [0.05, 0.1) is 6.54 Å². The van der Waals surface area contributed by atoms with Crippen molar-refractivity contribution >= 4 is 0 Å². The number of nitrogens with zero attached hydrogens (tertiary/aromatic N) is 3. The first kappa shape index (κ1) is 10.6. The van der Waals surface area contributed by atoms with Crippen LogP contribution in [-0.4, -0.2) is 14.8 Å². The lowest BCUT2D eigenvalue weighted by Gasteiger charge is -2.02. The average molecular weight is 213 g/mol. The molecule has 0 radical (unpaired) electrons. The van der Waals surface area contributed by atoms with E-state index in [1.165, 1.54) is 11.1 Å². The van der Waals surface area contributed by atoms with Crippen molar-refractivity contribution in [1.82, 2.24) is 14.8 Å². The Morgan fingerprint density at radius 1 is 1.19 bits per heavy atom. The molecule has 2 aromatic rings. The zero-order valence-corrected chi connectivity index (χ0v) is 9.37. The van der Waals surface area contributed by atoms with Crippen molar-refractivity contribution < 1.29 is 0 Å². The minimum atomic E-state index is 0.782. The Morgan fingerprint density at radius 3 is 2.56 bits per heavy atom. The molecule has 0 aliphatic heterocycles. The van der Waals surface area contributed by atoms with E-state index in [9.17, 15) is 0 Å². The largest absolute Gasteiger partial charge is 0.249 e. The second kappa shape index (κ2) is 5.26. The molecule has 0 spiro atoms. The molecule has 0 aliphatic rings. The van der Waals surface area contributed by atoms with Crippen molar-refractivity contribution in [3.05, 3.63) is 60.2 Å². The first-order chi connectivity index (χ1) is 7.88. The fraction of sp³-hybridized carbons (Fsp3) is 0.231. The minimum absolute atomic E-state index is 0.782. The van der Waals surface area contributed by atoms with Crippen molar-refractivity contribution in [2.75, 3.05) is 0 Å². The molecule has 3 heteroatoms. The van der Waals surface area contributed by atoms with Crippen LogP contribution in [0.5, 0.6) is 0 Å². The van der Waals surface area contributed by atoms with Gasteiger partial charge in [-0.15, -0.1) is 0 Å². The minimum Gasteiger partial charge on any atom is -0.249 e. The average Bonchev–Trinajstić information content (AvgIpc) is 2.81. The van der Waals surface area contributed by atoms with E-state index in [1.54, 1.807) is 12.7 Å². The van der Waals surface area contributed by atoms with Crippen LogP contribution in [-0.2, 0) is 13.0 Å². The molecule has 0 atom stereocenters. The third-order valence-electron chi connectivity index (χ3n) is 2.42. The third-order valence-corrected chi connectivity index (χ3v) is 2.42. The molecule has 16 heavy (non-hydrogen) atoms. The summed E-state index contributed by atoms with van der Waals surface area (Å²) < 4.78 is 1.82. The van der Waals surface area contributed by atoms with Gasteiger partial charge in [-0.05, 0) is 24.5 Å². The van der Waals surface area contributed by atoms with Crippen LogP contribution < -0.4 is 0 Å². The summed E-state index contributed by atoms with van der Waals surface area (Å²) in [5, 5.41) is 4.08. The Bertz CT molecular complexity index is 441. The fourth-order valence-electron chi connectivity index (χ4n) is 1.54. The van der Waals surface area contributed by atoms with E-state index in [2.05, 4.69) is 46.5 Å². The highest BCUT2D eigenvalue weighted by atomic mass is 15.3. The van der Waals surface area contributed by atoms with Crippen LogP contribution in [0.15, 0.2) is 49.1 Å². The zero-order valence-electron chi connectivity index (χ0n) is 9.37. The van der Waals surface area contributed by atoms with Gasteiger partial charge in [-0.2, -0.15) is 5.10 Å². The van der Waals surface area contributed by atoms with Crippen molar-refractivity contribution in [2.24, 2.45) is 0 Å². The summed E-state index contributed by atoms with van der Waals surface area (Å²) in [4.78, 5) is 3.92. The zero-order chi connectivity index (χ0) is 11.2. The summed E-state index contributed by atoms with van der Waals surface area (Å²) in [7, 11) is 0. The normalized spacial score (nSPS) is 11.1. The topological polar surface area (TPSA) is 30.7 Å². The number of rotatable bonds is 4. The maximum atomic E-state index is 4.08. The van der Waals surface area contributed by atoms with Gasteiger partial charge in [-0.3, -0.25) is 0 Å². The molecule has 1 aromatic heterocycles. The lowest BCUT2D eigenvalue weighted by molar-refractivity contribution is 0.684. The molecule has 82 valence electrons. The first-order valence-corrected chi connectivity index (χ1v) is 5.40. The van der Waals surface area contributed by atoms with E-state index in [4.69, 9.17) is 0 Å². The van der Waals surface area contributed by atoms with E-state index < -0.39 is 0 Å². The van der Waals surface area contributed by atoms with Crippen LogP contribution in [0.25, 0.3) is 0 Å². The van der Waals surface area contributed by atoms with Crippen LogP contribution >= 0.6 is 0 Å². The van der Waals surface area contributed by atoms with Crippen LogP contribution in [0.4, 0.5) is 0 Å². The van der Waals surface area contributed by atoms with Gasteiger partial charge in [-0.25, -0.2) is 9.67 Å². The van der Waals surface area contributed by atoms with Gasteiger partial charge in [0.1, 0.15) is 12.7 Å². The molecule has 2 rings (SSSR count). The summed E-state index contributed by atoms with van der Waals surface area (Å²) in [6.45, 7) is 2.82. The highest BCUT2D eigenvalue weighted by Gasteiger charge is 1.95. The molecule has 0 saturated heterocycles. The van der Waals surface area contributed by atoms with Crippen LogP contribution in [0, 0.1) is 0 Å². The Labute approximate surface area is 95.5 Å². The highest BCUT2D eigenvalue weighted by molar-refractivity contribution is 5.24. The molecule has 0 saturated carbocycles. The molecule has 0 aliphatic carbocycles. The van der Waals surface area contributed by atoms with E-state index >= 15 is 0 Å². The molecule has 0 amide bonds. The number of aromatic nitrogens is 3. The molecule has 1 aromatic carbocycles. The maximum absolute atomic E-state index is 4.08. The van der Waals surface area contributed by atoms with E-state index in [0.717, 1.165) is 13.0 Å². The SMILES string of the molecule is C/C=C/Cc1ccc(Cn2cncn2)cc1. The third kappa shape index (κ3) is 2.79. The Morgan fingerprint density at radius 2 is 1.94 bits per heavy atom. The summed E-state index contributed by atoms with van der Waals surface area (Å²) >= 11 is 0. The standard InChI is InChI=1S/C13H15N3/c1-2-3-4-12-5-7-13(8-6-12)9-16-11-14-10-15-16/h2-3,5-8,10-11H,4,9H2,1H3/b3-2+. The number of hydrogen-bond acceptors (Lipinski definition) is 2. The van der Waals surface area contributed by atoms with E-state index in [1.807, 2.05) is 11.6 Å². The van der Waals surface area contributed by atoms with Crippen LogP contribution in [0.3, 0.4) is 0 Å². The summed E-state index contributed by atoms with van der Waals surface area (Å²) in [5.41, 5.74) is 2.58. The highest BCUT2D eigenvalue weighted by Crippen LogP contribution is 2.06. The predicted octanol–water partition coefficient (Wildman–Crippen LogP) is 2.45. The van der Waals surface area contributed by atoms with Crippen molar-refractivity contribution in [2.45, 2.75) is 19.9 Å². The van der Waals surface area contributed by atoms with Gasteiger partial charge in [0.2, 0.25) is 0 Å². The molecule has 0 bridgehead atoms. The maximum Gasteiger partial charge on any atom is 0.137 e.